The van der Waals surface area contributed by atoms with Gasteiger partial charge in [-0.25, -0.2) is 0 Å². The molecule has 1 heterocycles. The highest BCUT2D eigenvalue weighted by molar-refractivity contribution is 5.18. The van der Waals surface area contributed by atoms with Crippen LogP contribution in [0.25, 0.3) is 0 Å². The Morgan fingerprint density at radius 2 is 2.06 bits per heavy atom. The molecule has 1 aromatic carbocycles. The highest BCUT2D eigenvalue weighted by Gasteiger charge is 2.18. The topological polar surface area (TPSA) is 29.3 Å². The van der Waals surface area contributed by atoms with Crippen LogP contribution in [0.15, 0.2) is 30.3 Å². The molecule has 2 nitrogen and oxygen atoms in total. The number of benzene rings is 1. The van der Waals surface area contributed by atoms with Gasteiger partial charge in [0.05, 0.1) is 0 Å². The van der Waals surface area contributed by atoms with Crippen LogP contribution < -0.4 is 5.73 Å². The number of hydrogen-bond acceptors (Lipinski definition) is 2. The lowest BCUT2D eigenvalue weighted by Gasteiger charge is -2.34. The van der Waals surface area contributed by atoms with E-state index in [1.54, 1.807) is 0 Å². The SMILES string of the molecule is C[C@@H]1CCCCN1CC[C@@H](N)c1ccccc1. The summed E-state index contributed by atoms with van der Waals surface area (Å²) in [5, 5.41) is 0. The number of rotatable bonds is 4. The zero-order valence-corrected chi connectivity index (χ0v) is 10.8. The lowest BCUT2D eigenvalue weighted by Crippen LogP contribution is -2.38. The molecule has 2 heteroatoms. The molecule has 0 amide bonds. The van der Waals surface area contributed by atoms with Crippen LogP contribution in [0.5, 0.6) is 0 Å². The van der Waals surface area contributed by atoms with Crippen molar-refractivity contribution in [2.75, 3.05) is 13.1 Å². The summed E-state index contributed by atoms with van der Waals surface area (Å²) in [6, 6.07) is 11.4. The van der Waals surface area contributed by atoms with Gasteiger partial charge in [-0.15, -0.1) is 0 Å². The number of likely N-dealkylation sites (tertiary alicyclic amines) is 1. The Morgan fingerprint density at radius 1 is 1.29 bits per heavy atom. The molecule has 0 aromatic heterocycles. The summed E-state index contributed by atoms with van der Waals surface area (Å²) in [6.07, 6.45) is 5.16. The Kier molecular flexibility index (Phi) is 4.57. The average Bonchev–Trinajstić information content (AvgIpc) is 2.38. The Balaban J connectivity index is 1.81. The smallest absolute Gasteiger partial charge is 0.0307 e. The van der Waals surface area contributed by atoms with Gasteiger partial charge in [0.2, 0.25) is 0 Å². The van der Waals surface area contributed by atoms with Crippen molar-refractivity contribution in [1.29, 1.82) is 0 Å². The van der Waals surface area contributed by atoms with Crippen LogP contribution >= 0.6 is 0 Å². The molecule has 0 spiro atoms. The van der Waals surface area contributed by atoms with Gasteiger partial charge < -0.3 is 10.6 Å². The molecule has 0 bridgehead atoms. The van der Waals surface area contributed by atoms with Crippen molar-refractivity contribution < 1.29 is 0 Å². The van der Waals surface area contributed by atoms with E-state index in [0.29, 0.717) is 0 Å². The van der Waals surface area contributed by atoms with E-state index in [4.69, 9.17) is 5.73 Å². The summed E-state index contributed by atoms with van der Waals surface area (Å²) >= 11 is 0. The molecule has 0 saturated carbocycles. The van der Waals surface area contributed by atoms with E-state index in [-0.39, 0.29) is 6.04 Å². The van der Waals surface area contributed by atoms with Crippen molar-refractivity contribution in [2.24, 2.45) is 5.73 Å². The summed E-state index contributed by atoms with van der Waals surface area (Å²) in [6.45, 7) is 4.73. The second-order valence-electron chi connectivity index (χ2n) is 5.19. The third kappa shape index (κ3) is 3.55. The average molecular weight is 232 g/mol. The molecule has 2 rings (SSSR count). The zero-order chi connectivity index (χ0) is 12.1. The predicted molar refractivity (Wildman–Crippen MR) is 72.9 cm³/mol. The van der Waals surface area contributed by atoms with Crippen LogP contribution in [-0.4, -0.2) is 24.0 Å². The van der Waals surface area contributed by atoms with E-state index >= 15 is 0 Å². The minimum atomic E-state index is 0.185. The van der Waals surface area contributed by atoms with Gasteiger partial charge in [0.25, 0.3) is 0 Å². The second kappa shape index (κ2) is 6.18. The third-order valence-electron chi connectivity index (χ3n) is 3.90. The fraction of sp³-hybridized carbons (Fsp3) is 0.600. The molecular formula is C15H24N2. The molecule has 1 aliphatic rings. The van der Waals surface area contributed by atoms with Crippen LogP contribution in [0.1, 0.15) is 44.2 Å². The first-order valence-corrected chi connectivity index (χ1v) is 6.82. The minimum Gasteiger partial charge on any atom is -0.324 e. The van der Waals surface area contributed by atoms with Crippen LogP contribution in [0.2, 0.25) is 0 Å². The number of nitrogens with zero attached hydrogens (tertiary/aromatic N) is 1. The predicted octanol–water partition coefficient (Wildman–Crippen LogP) is 2.95. The zero-order valence-electron chi connectivity index (χ0n) is 10.8. The largest absolute Gasteiger partial charge is 0.324 e. The maximum absolute atomic E-state index is 6.23. The molecule has 1 saturated heterocycles. The molecular weight excluding hydrogens is 208 g/mol. The normalized spacial score (nSPS) is 23.5. The van der Waals surface area contributed by atoms with E-state index < -0.39 is 0 Å². The highest BCUT2D eigenvalue weighted by atomic mass is 15.2. The quantitative estimate of drug-likeness (QED) is 0.865. The maximum Gasteiger partial charge on any atom is 0.0307 e. The summed E-state index contributed by atoms with van der Waals surface area (Å²) < 4.78 is 0. The van der Waals surface area contributed by atoms with E-state index in [2.05, 4.69) is 36.1 Å². The van der Waals surface area contributed by atoms with Crippen LogP contribution in [0.3, 0.4) is 0 Å². The van der Waals surface area contributed by atoms with Crippen molar-refractivity contribution in [3.63, 3.8) is 0 Å². The molecule has 0 aliphatic carbocycles. The lowest BCUT2D eigenvalue weighted by atomic mass is 10.0. The molecule has 94 valence electrons. The van der Waals surface area contributed by atoms with Gasteiger partial charge in [0.1, 0.15) is 0 Å². The first-order valence-electron chi connectivity index (χ1n) is 6.82. The van der Waals surface area contributed by atoms with Gasteiger partial charge in [0, 0.05) is 18.6 Å². The van der Waals surface area contributed by atoms with E-state index in [9.17, 15) is 0 Å². The van der Waals surface area contributed by atoms with Gasteiger partial charge in [-0.1, -0.05) is 36.8 Å². The van der Waals surface area contributed by atoms with Crippen molar-refractivity contribution >= 4 is 0 Å². The van der Waals surface area contributed by atoms with Crippen LogP contribution in [0, 0.1) is 0 Å². The third-order valence-corrected chi connectivity index (χ3v) is 3.90. The van der Waals surface area contributed by atoms with Gasteiger partial charge in [0.15, 0.2) is 0 Å². The molecule has 0 radical (unpaired) electrons. The van der Waals surface area contributed by atoms with Gasteiger partial charge >= 0.3 is 0 Å². The molecule has 2 atom stereocenters. The van der Waals surface area contributed by atoms with Crippen LogP contribution in [0.4, 0.5) is 0 Å². The van der Waals surface area contributed by atoms with E-state index in [1.165, 1.54) is 31.4 Å². The first-order chi connectivity index (χ1) is 8.27. The van der Waals surface area contributed by atoms with Gasteiger partial charge in [-0.05, 0) is 38.3 Å². The van der Waals surface area contributed by atoms with Gasteiger partial charge in [-0.2, -0.15) is 0 Å². The monoisotopic (exact) mass is 232 g/mol. The first kappa shape index (κ1) is 12.6. The Hall–Kier alpha value is -0.860. The van der Waals surface area contributed by atoms with Crippen molar-refractivity contribution in [2.45, 2.75) is 44.7 Å². The number of piperidine rings is 1. The number of hydrogen-bond donors (Lipinski definition) is 1. The van der Waals surface area contributed by atoms with Crippen molar-refractivity contribution in [3.05, 3.63) is 35.9 Å². The van der Waals surface area contributed by atoms with Crippen molar-refractivity contribution in [1.82, 2.24) is 4.90 Å². The summed E-state index contributed by atoms with van der Waals surface area (Å²) in [4.78, 5) is 2.59. The van der Waals surface area contributed by atoms with Crippen molar-refractivity contribution in [3.8, 4) is 0 Å². The van der Waals surface area contributed by atoms with E-state index in [1.807, 2.05) is 6.07 Å². The summed E-state index contributed by atoms with van der Waals surface area (Å²) in [5.41, 5.74) is 7.49. The molecule has 0 unspecified atom stereocenters. The van der Waals surface area contributed by atoms with Gasteiger partial charge in [-0.3, -0.25) is 0 Å². The fourth-order valence-corrected chi connectivity index (χ4v) is 2.66. The van der Waals surface area contributed by atoms with E-state index in [0.717, 1.165) is 19.0 Å². The molecule has 1 aromatic rings. The lowest BCUT2D eigenvalue weighted by molar-refractivity contribution is 0.155. The second-order valence-corrected chi connectivity index (χ2v) is 5.19. The summed E-state index contributed by atoms with van der Waals surface area (Å²) in [7, 11) is 0. The standard InChI is InChI=1S/C15H24N2/c1-13-7-5-6-11-17(13)12-10-15(16)14-8-3-2-4-9-14/h2-4,8-9,13,15H,5-7,10-12,16H2,1H3/t13-,15-/m1/s1. The fourth-order valence-electron chi connectivity index (χ4n) is 2.66. The highest BCUT2D eigenvalue weighted by Crippen LogP contribution is 2.19. The minimum absolute atomic E-state index is 0.185. The Labute approximate surface area is 105 Å². The Morgan fingerprint density at radius 3 is 2.76 bits per heavy atom. The summed E-state index contributed by atoms with van der Waals surface area (Å²) in [5.74, 6) is 0. The molecule has 2 N–H and O–H groups in total. The Bertz CT molecular complexity index is 323. The molecule has 17 heavy (non-hydrogen) atoms. The van der Waals surface area contributed by atoms with Crippen LogP contribution in [-0.2, 0) is 0 Å². The number of nitrogens with two attached hydrogens (primary N) is 1. The molecule has 1 aliphatic heterocycles. The molecule has 1 fully saturated rings. The maximum atomic E-state index is 6.23.